The average molecular weight is 257 g/mol. The Morgan fingerprint density at radius 3 is 2.44 bits per heavy atom. The molecule has 102 valence electrons. The fourth-order valence-corrected chi connectivity index (χ4v) is 2.04. The first-order valence-corrected chi connectivity index (χ1v) is 6.09. The quantitative estimate of drug-likeness (QED) is 0.764. The molecule has 1 aliphatic carbocycles. The maximum atomic E-state index is 12.1. The van der Waals surface area contributed by atoms with Crippen LogP contribution in [0.5, 0.6) is 0 Å². The Balaban J connectivity index is 2.08. The van der Waals surface area contributed by atoms with Crippen LogP contribution in [-0.4, -0.2) is 52.5 Å². The zero-order valence-electron chi connectivity index (χ0n) is 10.9. The number of ether oxygens (including phenoxy) is 2. The first-order chi connectivity index (χ1) is 8.23. The van der Waals surface area contributed by atoms with E-state index >= 15 is 0 Å². The number of hydrogen-bond acceptors (Lipinski definition) is 4. The lowest BCUT2D eigenvalue weighted by atomic mass is 10.1. The first-order valence-electron chi connectivity index (χ1n) is 6.09. The van der Waals surface area contributed by atoms with Gasteiger partial charge in [0.1, 0.15) is 5.60 Å². The number of morpholine rings is 1. The molecule has 1 aliphatic heterocycles. The lowest BCUT2D eigenvalue weighted by molar-refractivity contribution is -0.159. The maximum absolute atomic E-state index is 12.1. The minimum Gasteiger partial charge on any atom is -0.479 e. The molecule has 2 aliphatic rings. The Kier molecular flexibility index (Phi) is 3.01. The van der Waals surface area contributed by atoms with Crippen LogP contribution in [0.15, 0.2) is 0 Å². The van der Waals surface area contributed by atoms with Gasteiger partial charge < -0.3 is 14.6 Å². The zero-order valence-corrected chi connectivity index (χ0v) is 10.9. The molecule has 6 nitrogen and oxygen atoms in total. The molecular formula is C12H19NO5. The molecule has 0 aromatic rings. The van der Waals surface area contributed by atoms with Crippen molar-refractivity contribution in [1.29, 1.82) is 0 Å². The third kappa shape index (κ3) is 2.58. The van der Waals surface area contributed by atoms with Gasteiger partial charge in [0.2, 0.25) is 0 Å². The fraction of sp³-hybridized carbons (Fsp3) is 0.833. The number of nitrogens with zero attached hydrogens (tertiary/aromatic N) is 1. The Morgan fingerprint density at radius 2 is 2.00 bits per heavy atom. The maximum Gasteiger partial charge on any atom is 0.410 e. The van der Waals surface area contributed by atoms with Gasteiger partial charge in [0.15, 0.2) is 6.10 Å². The lowest BCUT2D eigenvalue weighted by Gasteiger charge is -2.39. The van der Waals surface area contributed by atoms with E-state index in [0.717, 1.165) is 12.8 Å². The smallest absolute Gasteiger partial charge is 0.410 e. The molecule has 1 spiro atoms. The third-order valence-corrected chi connectivity index (χ3v) is 3.19. The highest BCUT2D eigenvalue weighted by molar-refractivity contribution is 5.76. The SMILES string of the molecule is CC(C)(C)OC(=O)N1C[C@@H](C(=O)O)OCC12CC2. The first kappa shape index (κ1) is 13.1. The summed E-state index contributed by atoms with van der Waals surface area (Å²) in [7, 11) is 0. The standard InChI is InChI=1S/C12H19NO5/c1-11(2,3)18-10(16)13-6-8(9(14)15)17-7-12(13)4-5-12/h8H,4-7H2,1-3H3,(H,14,15)/t8-/m0/s1. The molecule has 2 fully saturated rings. The minimum absolute atomic E-state index is 0.0598. The third-order valence-electron chi connectivity index (χ3n) is 3.19. The summed E-state index contributed by atoms with van der Waals surface area (Å²) in [6.45, 7) is 5.71. The largest absolute Gasteiger partial charge is 0.479 e. The van der Waals surface area contributed by atoms with Crippen LogP contribution in [0.3, 0.4) is 0 Å². The second-order valence-corrected chi connectivity index (χ2v) is 5.95. The molecule has 0 aromatic heterocycles. The van der Waals surface area contributed by atoms with Crippen LogP contribution in [0, 0.1) is 0 Å². The van der Waals surface area contributed by atoms with Crippen molar-refractivity contribution in [2.24, 2.45) is 0 Å². The highest BCUT2D eigenvalue weighted by Crippen LogP contribution is 2.45. The Labute approximate surface area is 106 Å². The molecule has 1 N–H and O–H groups in total. The molecule has 1 saturated carbocycles. The van der Waals surface area contributed by atoms with E-state index in [1.165, 1.54) is 4.90 Å². The highest BCUT2D eigenvalue weighted by Gasteiger charge is 2.55. The number of carboxylic acid groups (broad SMARTS) is 1. The summed E-state index contributed by atoms with van der Waals surface area (Å²) in [5.41, 5.74) is -0.904. The molecule has 0 aromatic carbocycles. The number of amides is 1. The van der Waals surface area contributed by atoms with Gasteiger partial charge in [-0.3, -0.25) is 4.90 Å². The molecule has 0 bridgehead atoms. The van der Waals surface area contributed by atoms with Gasteiger partial charge in [-0.05, 0) is 33.6 Å². The average Bonchev–Trinajstić information content (AvgIpc) is 2.96. The van der Waals surface area contributed by atoms with Crippen LogP contribution >= 0.6 is 0 Å². The van der Waals surface area contributed by atoms with Crippen molar-refractivity contribution in [3.8, 4) is 0 Å². The summed E-state index contributed by atoms with van der Waals surface area (Å²) >= 11 is 0. The van der Waals surface area contributed by atoms with Crippen molar-refractivity contribution in [3.63, 3.8) is 0 Å². The van der Waals surface area contributed by atoms with Crippen molar-refractivity contribution < 1.29 is 24.2 Å². The Morgan fingerprint density at radius 1 is 1.39 bits per heavy atom. The van der Waals surface area contributed by atoms with E-state index in [2.05, 4.69) is 0 Å². The van der Waals surface area contributed by atoms with Gasteiger partial charge in [-0.2, -0.15) is 0 Å². The van der Waals surface area contributed by atoms with Gasteiger partial charge >= 0.3 is 12.1 Å². The van der Waals surface area contributed by atoms with E-state index < -0.39 is 23.8 Å². The number of carboxylic acids is 1. The van der Waals surface area contributed by atoms with Crippen molar-refractivity contribution in [1.82, 2.24) is 4.90 Å². The molecule has 0 unspecified atom stereocenters. The predicted octanol–water partition coefficient (Wildman–Crippen LogP) is 1.24. The van der Waals surface area contributed by atoms with Gasteiger partial charge in [-0.25, -0.2) is 9.59 Å². The van der Waals surface area contributed by atoms with E-state index in [1.54, 1.807) is 20.8 Å². The number of carbonyl (C=O) groups excluding carboxylic acids is 1. The fourth-order valence-electron chi connectivity index (χ4n) is 2.04. The molecule has 1 amide bonds. The van der Waals surface area contributed by atoms with Crippen molar-refractivity contribution in [2.45, 2.75) is 50.9 Å². The summed E-state index contributed by atoms with van der Waals surface area (Å²) in [4.78, 5) is 24.6. The normalized spacial score (nSPS) is 25.9. The van der Waals surface area contributed by atoms with E-state index in [4.69, 9.17) is 14.6 Å². The van der Waals surface area contributed by atoms with E-state index in [1.807, 2.05) is 0 Å². The lowest BCUT2D eigenvalue weighted by Crippen LogP contribution is -2.56. The van der Waals surface area contributed by atoms with Crippen LogP contribution in [0.1, 0.15) is 33.6 Å². The van der Waals surface area contributed by atoms with Gasteiger partial charge in [0.05, 0.1) is 18.7 Å². The summed E-state index contributed by atoms with van der Waals surface area (Å²) in [6, 6.07) is 0. The number of rotatable bonds is 1. The van der Waals surface area contributed by atoms with Gasteiger partial charge in [0.25, 0.3) is 0 Å². The van der Waals surface area contributed by atoms with E-state index in [9.17, 15) is 9.59 Å². The minimum atomic E-state index is -1.04. The van der Waals surface area contributed by atoms with Crippen molar-refractivity contribution >= 4 is 12.1 Å². The van der Waals surface area contributed by atoms with Crippen LogP contribution in [-0.2, 0) is 14.3 Å². The van der Waals surface area contributed by atoms with Crippen LogP contribution < -0.4 is 0 Å². The molecule has 1 heterocycles. The van der Waals surface area contributed by atoms with E-state index in [0.29, 0.717) is 0 Å². The zero-order chi connectivity index (χ0) is 13.6. The van der Waals surface area contributed by atoms with Gasteiger partial charge in [0, 0.05) is 0 Å². The molecule has 6 heteroatoms. The van der Waals surface area contributed by atoms with Crippen LogP contribution in [0.25, 0.3) is 0 Å². The van der Waals surface area contributed by atoms with Gasteiger partial charge in [-0.1, -0.05) is 0 Å². The van der Waals surface area contributed by atoms with Crippen molar-refractivity contribution in [2.75, 3.05) is 13.2 Å². The van der Waals surface area contributed by atoms with Gasteiger partial charge in [-0.15, -0.1) is 0 Å². The molecule has 18 heavy (non-hydrogen) atoms. The monoisotopic (exact) mass is 257 g/mol. The highest BCUT2D eigenvalue weighted by atomic mass is 16.6. The van der Waals surface area contributed by atoms with Crippen molar-refractivity contribution in [3.05, 3.63) is 0 Å². The summed E-state index contributed by atoms with van der Waals surface area (Å²) in [5.74, 6) is -1.04. The Bertz CT molecular complexity index is 369. The second kappa shape index (κ2) is 4.12. The predicted molar refractivity (Wildman–Crippen MR) is 62.3 cm³/mol. The van der Waals surface area contributed by atoms with Crippen LogP contribution in [0.2, 0.25) is 0 Å². The number of carbonyl (C=O) groups is 2. The molecule has 2 rings (SSSR count). The molecule has 1 atom stereocenters. The summed E-state index contributed by atoms with van der Waals surface area (Å²) < 4.78 is 10.6. The Hall–Kier alpha value is -1.30. The molecule has 0 radical (unpaired) electrons. The van der Waals surface area contributed by atoms with E-state index in [-0.39, 0.29) is 18.7 Å². The number of aliphatic carboxylic acids is 1. The molecule has 1 saturated heterocycles. The second-order valence-electron chi connectivity index (χ2n) is 5.95. The number of hydrogen-bond donors (Lipinski definition) is 1. The topological polar surface area (TPSA) is 76.1 Å². The summed E-state index contributed by atoms with van der Waals surface area (Å²) in [5, 5.41) is 8.96. The summed E-state index contributed by atoms with van der Waals surface area (Å²) in [6.07, 6.45) is 0.287. The molecular weight excluding hydrogens is 238 g/mol. The van der Waals surface area contributed by atoms with Crippen LogP contribution in [0.4, 0.5) is 4.79 Å².